The number of benzene rings is 1. The van der Waals surface area contributed by atoms with Crippen LogP contribution in [0.15, 0.2) is 47.0 Å². The van der Waals surface area contributed by atoms with Crippen LogP contribution < -0.4 is 34.3 Å². The van der Waals surface area contributed by atoms with Crippen molar-refractivity contribution in [3.63, 3.8) is 0 Å². The molecule has 0 fully saturated rings. The van der Waals surface area contributed by atoms with Crippen LogP contribution in [0.4, 0.5) is 4.39 Å². The number of nitrogens with zero attached hydrogens (tertiary/aromatic N) is 2. The summed E-state index contributed by atoms with van der Waals surface area (Å²) in [5.41, 5.74) is 1.20. The Bertz CT molecular complexity index is 721. The quantitative estimate of drug-likeness (QED) is 0.587. The molecule has 0 N–H and O–H groups in total. The predicted molar refractivity (Wildman–Crippen MR) is 91.6 cm³/mol. The van der Waals surface area contributed by atoms with Gasteiger partial charge in [0.05, 0.1) is 4.75 Å². The minimum atomic E-state index is -1.31. The summed E-state index contributed by atoms with van der Waals surface area (Å²) in [5, 5.41) is 0. The zero-order chi connectivity index (χ0) is 16.9. The zero-order valence-corrected chi connectivity index (χ0v) is 17.1. The normalized spacial score (nSPS) is 12.7. The van der Waals surface area contributed by atoms with E-state index in [-0.39, 0.29) is 43.4 Å². The van der Waals surface area contributed by atoms with E-state index in [9.17, 15) is 8.60 Å². The van der Waals surface area contributed by atoms with Gasteiger partial charge in [0.25, 0.3) is 0 Å². The van der Waals surface area contributed by atoms with Crippen molar-refractivity contribution < 1.29 is 44.3 Å². The number of halogens is 1. The van der Waals surface area contributed by atoms with E-state index < -0.39 is 15.7 Å². The number of rotatable bonds is 5. The first-order valence-electron chi connectivity index (χ1n) is 7.14. The van der Waals surface area contributed by atoms with E-state index >= 15 is 0 Å². The van der Waals surface area contributed by atoms with Crippen molar-refractivity contribution in [2.75, 3.05) is 0 Å². The Kier molecular flexibility index (Phi) is 8.22. The molecule has 0 spiro atoms. The molecule has 0 saturated heterocycles. The maximum absolute atomic E-state index is 13.5. The van der Waals surface area contributed by atoms with E-state index in [4.69, 9.17) is 4.74 Å². The third-order valence-corrected chi connectivity index (χ3v) is 4.26. The maximum atomic E-state index is 13.5. The molecule has 1 aromatic heterocycles. The number of ether oxygens (including phenoxy) is 1. The molecule has 1 aromatic carbocycles. The van der Waals surface area contributed by atoms with E-state index in [0.29, 0.717) is 11.4 Å². The van der Waals surface area contributed by atoms with Crippen LogP contribution in [0.25, 0.3) is 0 Å². The molecule has 0 aliphatic heterocycles. The van der Waals surface area contributed by atoms with Gasteiger partial charge in [0.15, 0.2) is 0 Å². The fraction of sp³-hybridized carbons (Fsp3) is 0.294. The minimum absolute atomic E-state index is 0. The molecular weight excluding hydrogens is 338 g/mol. The van der Waals surface area contributed by atoms with Gasteiger partial charge in [0, 0.05) is 29.6 Å². The third kappa shape index (κ3) is 6.43. The molecule has 1 atom stereocenters. The first-order chi connectivity index (χ1) is 10.9. The molecule has 0 aliphatic carbocycles. The van der Waals surface area contributed by atoms with Crippen LogP contribution >= 0.6 is 0 Å². The second-order valence-corrected chi connectivity index (χ2v) is 7.84. The summed E-state index contributed by atoms with van der Waals surface area (Å²) in [5.74, 6) is 0.0864. The topological polar surface area (TPSA) is 51.5 Å². The van der Waals surface area contributed by atoms with Gasteiger partial charge < -0.3 is 6.16 Å². The minimum Gasteiger partial charge on any atom is -1.00 e. The molecule has 0 bridgehead atoms. The molecule has 2 rings (SSSR count). The van der Waals surface area contributed by atoms with Crippen LogP contribution in [0.1, 0.15) is 33.3 Å². The van der Waals surface area contributed by atoms with E-state index in [0.717, 1.165) is 5.56 Å². The molecule has 0 amide bonds. The van der Waals surface area contributed by atoms with Gasteiger partial charge in [0.2, 0.25) is 5.88 Å². The van der Waals surface area contributed by atoms with Crippen molar-refractivity contribution in [1.82, 2.24) is 4.98 Å². The Morgan fingerprint density at radius 2 is 2.00 bits per heavy atom. The Morgan fingerprint density at radius 1 is 1.29 bits per heavy atom. The summed E-state index contributed by atoms with van der Waals surface area (Å²) < 4.78 is 34.4. The molecule has 1 heterocycles. The van der Waals surface area contributed by atoms with Crippen molar-refractivity contribution in [3.8, 4) is 5.88 Å². The Labute approximate surface area is 167 Å². The first kappa shape index (κ1) is 21.0. The SMILES string of the molecule is CC(C)(C)[S@@](=O)N=Cc1ccc(OCc2ccccc2F)nc1.[H-].[Na+]. The molecule has 24 heavy (non-hydrogen) atoms. The third-order valence-electron chi connectivity index (χ3n) is 2.91. The van der Waals surface area contributed by atoms with Crippen LogP contribution in [-0.2, 0) is 17.6 Å². The number of aromatic nitrogens is 1. The fourth-order valence-electron chi connectivity index (χ4n) is 1.59. The van der Waals surface area contributed by atoms with E-state index in [1.165, 1.54) is 12.3 Å². The van der Waals surface area contributed by atoms with Crippen molar-refractivity contribution in [2.24, 2.45) is 4.40 Å². The largest absolute Gasteiger partial charge is 1.00 e. The molecule has 0 aliphatic rings. The van der Waals surface area contributed by atoms with Crippen molar-refractivity contribution in [1.29, 1.82) is 0 Å². The van der Waals surface area contributed by atoms with Crippen LogP contribution in [-0.4, -0.2) is 20.2 Å². The van der Waals surface area contributed by atoms with Gasteiger partial charge in [-0.25, -0.2) is 13.6 Å². The average molecular weight is 358 g/mol. The predicted octanol–water partition coefficient (Wildman–Crippen LogP) is 0.797. The van der Waals surface area contributed by atoms with Gasteiger partial charge in [-0.05, 0) is 32.9 Å². The van der Waals surface area contributed by atoms with Crippen LogP contribution in [0.5, 0.6) is 5.88 Å². The van der Waals surface area contributed by atoms with Crippen molar-refractivity contribution in [3.05, 3.63) is 59.5 Å². The van der Waals surface area contributed by atoms with Gasteiger partial charge in [-0.3, -0.25) is 0 Å². The summed E-state index contributed by atoms with van der Waals surface area (Å²) >= 11 is 0. The smallest absolute Gasteiger partial charge is 1.00 e. The molecule has 124 valence electrons. The second-order valence-electron chi connectivity index (χ2n) is 5.91. The second kappa shape index (κ2) is 9.42. The summed E-state index contributed by atoms with van der Waals surface area (Å²) in [6.07, 6.45) is 3.09. The fourth-order valence-corrected chi connectivity index (χ4v) is 2.12. The molecule has 4 nitrogen and oxygen atoms in total. The standard InChI is InChI=1S/C17H19FN2O2S.Na.H/c1-17(2,3)23(21)20-11-13-8-9-16(19-10-13)22-12-14-6-4-5-7-15(14)18;;/h4-11H,12H2,1-3H3;;/q;+1;-1/t23-;;/m1../s1. The molecular formula is C17H20FN2NaO2S. The van der Waals surface area contributed by atoms with E-state index in [1.54, 1.807) is 36.5 Å². The number of hydrogen-bond acceptors (Lipinski definition) is 3. The molecule has 7 heteroatoms. The zero-order valence-electron chi connectivity index (χ0n) is 15.3. The Hall–Kier alpha value is -1.08. The van der Waals surface area contributed by atoms with Crippen LogP contribution in [0, 0.1) is 5.82 Å². The summed E-state index contributed by atoms with van der Waals surface area (Å²) in [7, 11) is -1.31. The van der Waals surface area contributed by atoms with Crippen LogP contribution in [0.3, 0.4) is 0 Å². The molecule has 0 radical (unpaired) electrons. The first-order valence-corrected chi connectivity index (χ1v) is 8.25. The van der Waals surface area contributed by atoms with Gasteiger partial charge in [-0.15, -0.1) is 0 Å². The van der Waals surface area contributed by atoms with Gasteiger partial charge in [0.1, 0.15) is 23.4 Å². The Balaban J connectivity index is 0.00000288. The van der Waals surface area contributed by atoms with Gasteiger partial charge in [-0.1, -0.05) is 18.2 Å². The van der Waals surface area contributed by atoms with Crippen molar-refractivity contribution in [2.45, 2.75) is 32.1 Å². The maximum Gasteiger partial charge on any atom is 1.00 e. The molecule has 0 saturated carbocycles. The van der Waals surface area contributed by atoms with Crippen LogP contribution in [0.2, 0.25) is 0 Å². The number of hydrogen-bond donors (Lipinski definition) is 0. The monoisotopic (exact) mass is 358 g/mol. The summed E-state index contributed by atoms with van der Waals surface area (Å²) in [6, 6.07) is 9.87. The Morgan fingerprint density at radius 3 is 2.58 bits per heavy atom. The van der Waals surface area contributed by atoms with Crippen molar-refractivity contribution >= 4 is 17.2 Å². The average Bonchev–Trinajstić information content (AvgIpc) is 2.52. The number of pyridine rings is 1. The van der Waals surface area contributed by atoms with Gasteiger partial charge in [-0.2, -0.15) is 4.40 Å². The van der Waals surface area contributed by atoms with E-state index in [2.05, 4.69) is 9.38 Å². The summed E-state index contributed by atoms with van der Waals surface area (Å²) in [6.45, 7) is 5.69. The summed E-state index contributed by atoms with van der Waals surface area (Å²) in [4.78, 5) is 4.13. The van der Waals surface area contributed by atoms with Gasteiger partial charge >= 0.3 is 29.6 Å². The molecule has 2 aromatic rings. The molecule has 0 unspecified atom stereocenters. The van der Waals surface area contributed by atoms with E-state index in [1.807, 2.05) is 20.8 Å².